The Kier molecular flexibility index (Phi) is 5.44. The Balaban J connectivity index is 1.18. The maximum Gasteiger partial charge on any atom is 0.225 e. The van der Waals surface area contributed by atoms with Crippen LogP contribution in [0.2, 0.25) is 0 Å². The van der Waals surface area contributed by atoms with Gasteiger partial charge in [-0.1, -0.05) is 12.1 Å². The van der Waals surface area contributed by atoms with Crippen molar-refractivity contribution in [2.75, 3.05) is 54.5 Å². The highest BCUT2D eigenvalue weighted by molar-refractivity contribution is 5.92. The molecule has 10 heteroatoms. The number of nitrogens with two attached hydrogens (primary N) is 1. The number of hydrogen-bond acceptors (Lipinski definition) is 9. The van der Waals surface area contributed by atoms with Crippen molar-refractivity contribution < 1.29 is 4.74 Å². The Morgan fingerprint density at radius 3 is 2.47 bits per heavy atom. The van der Waals surface area contributed by atoms with E-state index in [-0.39, 0.29) is 6.04 Å². The topological polar surface area (TPSA) is 121 Å². The van der Waals surface area contributed by atoms with Crippen molar-refractivity contribution in [2.24, 2.45) is 5.73 Å². The Labute approximate surface area is 197 Å². The van der Waals surface area contributed by atoms with Crippen molar-refractivity contribution in [2.45, 2.75) is 12.5 Å². The minimum absolute atomic E-state index is 0.204. The monoisotopic (exact) mass is 457 g/mol. The number of ether oxygens (including phenoxy) is 1. The third kappa shape index (κ3) is 4.13. The van der Waals surface area contributed by atoms with E-state index < -0.39 is 0 Å². The standard InChI is InChI=1S/C24H27N9O/c25-17-5-6-33(14-17)24-26-12-19(13-27-24)30-18-3-1-16(2-4-18)21-11-20-22(31-21)28-15-29-23(20)32-7-9-34-10-8-32/h1-4,11-13,15,17,30H,5-10,14,25H2,(H,28,29,31)/t17-/m0/s1. The molecule has 10 nitrogen and oxygen atoms in total. The third-order valence-corrected chi connectivity index (χ3v) is 6.35. The number of aromatic nitrogens is 5. The van der Waals surface area contributed by atoms with Crippen LogP contribution in [0.25, 0.3) is 22.3 Å². The molecular formula is C24H27N9O. The highest BCUT2D eigenvalue weighted by atomic mass is 16.5. The van der Waals surface area contributed by atoms with Gasteiger partial charge < -0.3 is 30.6 Å². The van der Waals surface area contributed by atoms with Crippen molar-refractivity contribution in [3.63, 3.8) is 0 Å². The molecule has 2 fully saturated rings. The molecule has 34 heavy (non-hydrogen) atoms. The molecule has 4 aromatic rings. The van der Waals surface area contributed by atoms with Gasteiger partial charge >= 0.3 is 0 Å². The van der Waals surface area contributed by atoms with Crippen LogP contribution in [0.3, 0.4) is 0 Å². The van der Waals surface area contributed by atoms with Crippen LogP contribution in [0.4, 0.5) is 23.1 Å². The number of anilines is 4. The van der Waals surface area contributed by atoms with E-state index in [4.69, 9.17) is 10.5 Å². The lowest BCUT2D eigenvalue weighted by molar-refractivity contribution is 0.122. The van der Waals surface area contributed by atoms with Crippen molar-refractivity contribution in [1.29, 1.82) is 0 Å². The molecule has 3 aromatic heterocycles. The number of H-pyrrole nitrogens is 1. The second-order valence-electron chi connectivity index (χ2n) is 8.71. The largest absolute Gasteiger partial charge is 0.378 e. The Morgan fingerprint density at radius 2 is 1.74 bits per heavy atom. The third-order valence-electron chi connectivity index (χ3n) is 6.35. The van der Waals surface area contributed by atoms with Gasteiger partial charge in [0.15, 0.2) is 0 Å². The van der Waals surface area contributed by atoms with Gasteiger partial charge in [0, 0.05) is 43.6 Å². The van der Waals surface area contributed by atoms with E-state index in [1.165, 1.54) is 0 Å². The van der Waals surface area contributed by atoms with Crippen LogP contribution >= 0.6 is 0 Å². The summed E-state index contributed by atoms with van der Waals surface area (Å²) in [6, 6.07) is 10.6. The average Bonchev–Trinajstić information content (AvgIpc) is 3.52. The van der Waals surface area contributed by atoms with Crippen LogP contribution in [0.15, 0.2) is 49.1 Å². The van der Waals surface area contributed by atoms with Crippen LogP contribution in [-0.2, 0) is 4.74 Å². The molecule has 174 valence electrons. The summed E-state index contributed by atoms with van der Waals surface area (Å²) in [6.45, 7) is 4.82. The summed E-state index contributed by atoms with van der Waals surface area (Å²) in [6.07, 6.45) is 6.21. The molecule has 0 amide bonds. The molecule has 0 spiro atoms. The van der Waals surface area contributed by atoms with Gasteiger partial charge in [0.2, 0.25) is 5.95 Å². The van der Waals surface area contributed by atoms with Crippen LogP contribution in [-0.4, -0.2) is 70.4 Å². The SMILES string of the molecule is N[C@H]1CCN(c2ncc(Nc3ccc(-c4cc5c(N6CCOCC6)ncnc5[nH]4)cc3)cn2)C1. The molecule has 1 aromatic carbocycles. The first kappa shape index (κ1) is 20.8. The molecule has 0 saturated carbocycles. The lowest BCUT2D eigenvalue weighted by atomic mass is 10.1. The van der Waals surface area contributed by atoms with Gasteiger partial charge in [0.25, 0.3) is 0 Å². The molecule has 5 heterocycles. The zero-order chi connectivity index (χ0) is 22.9. The zero-order valence-corrected chi connectivity index (χ0v) is 18.8. The highest BCUT2D eigenvalue weighted by Gasteiger charge is 2.21. The van der Waals surface area contributed by atoms with Crippen LogP contribution in [0, 0.1) is 0 Å². The van der Waals surface area contributed by atoms with Crippen molar-refractivity contribution >= 4 is 34.2 Å². The first-order chi connectivity index (χ1) is 16.7. The summed E-state index contributed by atoms with van der Waals surface area (Å²) in [5, 5.41) is 4.39. The average molecular weight is 458 g/mol. The molecule has 0 aliphatic carbocycles. The van der Waals surface area contributed by atoms with Crippen LogP contribution in [0.5, 0.6) is 0 Å². The zero-order valence-electron chi connectivity index (χ0n) is 18.8. The quantitative estimate of drug-likeness (QED) is 0.415. The molecular weight excluding hydrogens is 430 g/mol. The molecule has 1 atom stereocenters. The van der Waals surface area contributed by atoms with E-state index in [1.807, 2.05) is 24.5 Å². The first-order valence-electron chi connectivity index (χ1n) is 11.6. The van der Waals surface area contributed by atoms with Gasteiger partial charge in [0.1, 0.15) is 17.8 Å². The Hall–Kier alpha value is -3.76. The van der Waals surface area contributed by atoms with Crippen molar-refractivity contribution in [3.05, 3.63) is 49.1 Å². The number of nitrogens with one attached hydrogen (secondary N) is 2. The second-order valence-corrected chi connectivity index (χ2v) is 8.71. The first-order valence-corrected chi connectivity index (χ1v) is 11.6. The smallest absolute Gasteiger partial charge is 0.225 e. The molecule has 0 unspecified atom stereocenters. The maximum atomic E-state index is 5.99. The van der Waals surface area contributed by atoms with Crippen LogP contribution in [0.1, 0.15) is 6.42 Å². The Bertz CT molecular complexity index is 1270. The van der Waals surface area contributed by atoms with Gasteiger partial charge in [0.05, 0.1) is 36.7 Å². The molecule has 6 rings (SSSR count). The molecule has 4 N–H and O–H groups in total. The second kappa shape index (κ2) is 8.88. The maximum absolute atomic E-state index is 5.99. The predicted molar refractivity (Wildman–Crippen MR) is 132 cm³/mol. The van der Waals surface area contributed by atoms with E-state index >= 15 is 0 Å². The van der Waals surface area contributed by atoms with E-state index in [1.54, 1.807) is 6.33 Å². The number of nitrogens with zero attached hydrogens (tertiary/aromatic N) is 6. The van der Waals surface area contributed by atoms with E-state index in [9.17, 15) is 0 Å². The molecule has 0 radical (unpaired) electrons. The predicted octanol–water partition coefficient (Wildman–Crippen LogP) is 2.53. The van der Waals surface area contributed by atoms with Gasteiger partial charge in [-0.3, -0.25) is 0 Å². The minimum Gasteiger partial charge on any atom is -0.378 e. The lowest BCUT2D eigenvalue weighted by Crippen LogP contribution is -2.36. The molecule has 0 bridgehead atoms. The number of fused-ring (bicyclic) bond motifs is 1. The summed E-state index contributed by atoms with van der Waals surface area (Å²) in [5.74, 6) is 1.68. The van der Waals surface area contributed by atoms with Crippen molar-refractivity contribution in [1.82, 2.24) is 24.9 Å². The summed E-state index contributed by atoms with van der Waals surface area (Å²) in [7, 11) is 0. The number of benzene rings is 1. The van der Waals surface area contributed by atoms with E-state index in [0.29, 0.717) is 0 Å². The number of rotatable bonds is 5. The van der Waals surface area contributed by atoms with Gasteiger partial charge in [-0.25, -0.2) is 19.9 Å². The molecule has 2 aliphatic rings. The van der Waals surface area contributed by atoms with Crippen molar-refractivity contribution in [3.8, 4) is 11.3 Å². The summed E-state index contributed by atoms with van der Waals surface area (Å²) >= 11 is 0. The van der Waals surface area contributed by atoms with E-state index in [0.717, 1.165) is 91.2 Å². The fourth-order valence-electron chi connectivity index (χ4n) is 4.53. The van der Waals surface area contributed by atoms with Crippen LogP contribution < -0.4 is 20.9 Å². The minimum atomic E-state index is 0.204. The van der Waals surface area contributed by atoms with E-state index in [2.05, 4.69) is 58.2 Å². The Morgan fingerprint density at radius 1 is 0.941 bits per heavy atom. The van der Waals surface area contributed by atoms with Gasteiger partial charge in [-0.05, 0) is 30.2 Å². The normalized spacial score (nSPS) is 18.6. The number of morpholine rings is 1. The van der Waals surface area contributed by atoms with Gasteiger partial charge in [-0.2, -0.15) is 0 Å². The molecule has 2 aliphatic heterocycles. The summed E-state index contributed by atoms with van der Waals surface area (Å²) in [5.41, 5.74) is 10.7. The number of hydrogen-bond donors (Lipinski definition) is 3. The number of aromatic amines is 1. The fourth-order valence-corrected chi connectivity index (χ4v) is 4.53. The van der Waals surface area contributed by atoms with Gasteiger partial charge in [-0.15, -0.1) is 0 Å². The fraction of sp³-hybridized carbons (Fsp3) is 0.333. The highest BCUT2D eigenvalue weighted by Crippen LogP contribution is 2.30. The lowest BCUT2D eigenvalue weighted by Gasteiger charge is -2.27. The summed E-state index contributed by atoms with van der Waals surface area (Å²) in [4.78, 5) is 25.8. The summed E-state index contributed by atoms with van der Waals surface area (Å²) < 4.78 is 5.48. The molecule has 2 saturated heterocycles.